The minimum atomic E-state index is 0.757. The lowest BCUT2D eigenvalue weighted by atomic mass is 10.00. The van der Waals surface area contributed by atoms with E-state index in [0.29, 0.717) is 0 Å². The van der Waals surface area contributed by atoms with Gasteiger partial charge in [0.25, 0.3) is 0 Å². The SMILES string of the molecule is CCCNCc1occc1-c1cccc2ccncc12. The van der Waals surface area contributed by atoms with Crippen LogP contribution in [-0.4, -0.2) is 11.5 Å². The van der Waals surface area contributed by atoms with Gasteiger partial charge >= 0.3 is 0 Å². The second-order valence-electron chi connectivity index (χ2n) is 4.84. The van der Waals surface area contributed by atoms with Crippen molar-refractivity contribution in [3.63, 3.8) is 0 Å². The van der Waals surface area contributed by atoms with E-state index in [-0.39, 0.29) is 0 Å². The molecule has 0 aliphatic rings. The van der Waals surface area contributed by atoms with Gasteiger partial charge in [-0.25, -0.2) is 0 Å². The van der Waals surface area contributed by atoms with Gasteiger partial charge in [-0.3, -0.25) is 4.98 Å². The van der Waals surface area contributed by atoms with Crippen molar-refractivity contribution in [2.45, 2.75) is 19.9 Å². The Labute approximate surface area is 118 Å². The monoisotopic (exact) mass is 266 g/mol. The molecular formula is C17H18N2O. The molecule has 0 bridgehead atoms. The molecule has 0 unspecified atom stereocenters. The Hall–Kier alpha value is -2.13. The van der Waals surface area contributed by atoms with E-state index in [1.54, 1.807) is 6.26 Å². The van der Waals surface area contributed by atoms with Gasteiger partial charge in [0.2, 0.25) is 0 Å². The molecule has 0 saturated heterocycles. The molecule has 0 fully saturated rings. The molecule has 20 heavy (non-hydrogen) atoms. The lowest BCUT2D eigenvalue weighted by Crippen LogP contribution is -2.13. The molecule has 0 amide bonds. The minimum Gasteiger partial charge on any atom is -0.467 e. The van der Waals surface area contributed by atoms with Crippen LogP contribution in [0.3, 0.4) is 0 Å². The van der Waals surface area contributed by atoms with E-state index < -0.39 is 0 Å². The molecular weight excluding hydrogens is 248 g/mol. The molecule has 2 heterocycles. The summed E-state index contributed by atoms with van der Waals surface area (Å²) in [5.41, 5.74) is 2.32. The third-order valence-corrected chi connectivity index (χ3v) is 3.43. The topological polar surface area (TPSA) is 38.1 Å². The first-order valence-electron chi connectivity index (χ1n) is 7.00. The summed E-state index contributed by atoms with van der Waals surface area (Å²) in [6, 6.07) is 10.4. The Morgan fingerprint density at radius 1 is 1.15 bits per heavy atom. The van der Waals surface area contributed by atoms with Crippen molar-refractivity contribution in [2.24, 2.45) is 0 Å². The molecule has 0 spiro atoms. The molecule has 1 N–H and O–H groups in total. The molecule has 0 aliphatic heterocycles. The van der Waals surface area contributed by atoms with Crippen molar-refractivity contribution in [2.75, 3.05) is 6.54 Å². The van der Waals surface area contributed by atoms with Crippen LogP contribution in [0.5, 0.6) is 0 Å². The van der Waals surface area contributed by atoms with Gasteiger partial charge in [-0.15, -0.1) is 0 Å². The fourth-order valence-corrected chi connectivity index (χ4v) is 2.44. The number of pyridine rings is 1. The first-order valence-corrected chi connectivity index (χ1v) is 7.00. The average Bonchev–Trinajstić information content (AvgIpc) is 2.95. The predicted octanol–water partition coefficient (Wildman–Crippen LogP) is 3.99. The van der Waals surface area contributed by atoms with Crippen molar-refractivity contribution in [3.8, 4) is 11.1 Å². The van der Waals surface area contributed by atoms with E-state index >= 15 is 0 Å². The predicted molar refractivity (Wildman–Crippen MR) is 81.4 cm³/mol. The van der Waals surface area contributed by atoms with Crippen LogP contribution in [0, 0.1) is 0 Å². The third-order valence-electron chi connectivity index (χ3n) is 3.43. The molecule has 0 atom stereocenters. The Morgan fingerprint density at radius 2 is 2.10 bits per heavy atom. The molecule has 3 aromatic rings. The normalized spacial score (nSPS) is 11.1. The zero-order valence-corrected chi connectivity index (χ0v) is 11.6. The van der Waals surface area contributed by atoms with Gasteiger partial charge in [0, 0.05) is 23.3 Å². The summed E-state index contributed by atoms with van der Waals surface area (Å²) in [7, 11) is 0. The summed E-state index contributed by atoms with van der Waals surface area (Å²) >= 11 is 0. The highest BCUT2D eigenvalue weighted by atomic mass is 16.3. The Balaban J connectivity index is 2.01. The molecule has 2 aromatic heterocycles. The molecule has 3 rings (SSSR count). The highest BCUT2D eigenvalue weighted by Gasteiger charge is 2.11. The fourth-order valence-electron chi connectivity index (χ4n) is 2.44. The van der Waals surface area contributed by atoms with Crippen molar-refractivity contribution >= 4 is 10.8 Å². The maximum Gasteiger partial charge on any atom is 0.125 e. The summed E-state index contributed by atoms with van der Waals surface area (Å²) in [5, 5.41) is 5.75. The van der Waals surface area contributed by atoms with Gasteiger partial charge in [-0.1, -0.05) is 25.1 Å². The van der Waals surface area contributed by atoms with E-state index in [1.165, 1.54) is 10.9 Å². The smallest absolute Gasteiger partial charge is 0.125 e. The molecule has 3 nitrogen and oxygen atoms in total. The van der Waals surface area contributed by atoms with Gasteiger partial charge in [0.15, 0.2) is 0 Å². The Bertz CT molecular complexity index is 698. The fraction of sp³-hybridized carbons (Fsp3) is 0.235. The van der Waals surface area contributed by atoms with Crippen molar-refractivity contribution in [3.05, 3.63) is 54.7 Å². The van der Waals surface area contributed by atoms with Crippen molar-refractivity contribution in [1.29, 1.82) is 0 Å². The minimum absolute atomic E-state index is 0.757. The van der Waals surface area contributed by atoms with Gasteiger partial charge < -0.3 is 9.73 Å². The number of nitrogens with zero attached hydrogens (tertiary/aromatic N) is 1. The van der Waals surface area contributed by atoms with Crippen LogP contribution in [0.2, 0.25) is 0 Å². The first kappa shape index (κ1) is 12.9. The zero-order chi connectivity index (χ0) is 13.8. The number of fused-ring (bicyclic) bond motifs is 1. The first-order chi connectivity index (χ1) is 9.90. The second-order valence-corrected chi connectivity index (χ2v) is 4.84. The summed E-state index contributed by atoms with van der Waals surface area (Å²) < 4.78 is 5.63. The number of benzene rings is 1. The zero-order valence-electron chi connectivity index (χ0n) is 11.6. The number of nitrogens with one attached hydrogen (secondary N) is 1. The van der Waals surface area contributed by atoms with E-state index in [9.17, 15) is 0 Å². The summed E-state index contributed by atoms with van der Waals surface area (Å²) in [6.45, 7) is 3.91. The largest absolute Gasteiger partial charge is 0.467 e. The van der Waals surface area contributed by atoms with E-state index in [4.69, 9.17) is 4.42 Å². The molecule has 0 radical (unpaired) electrons. The van der Waals surface area contributed by atoms with Gasteiger partial charge in [0.1, 0.15) is 5.76 Å². The molecule has 3 heteroatoms. The summed E-state index contributed by atoms with van der Waals surface area (Å²) in [5.74, 6) is 0.981. The maximum atomic E-state index is 5.63. The molecule has 0 saturated carbocycles. The molecule has 102 valence electrons. The van der Waals surface area contributed by atoms with E-state index in [2.05, 4.69) is 35.4 Å². The van der Waals surface area contributed by atoms with Crippen LogP contribution in [-0.2, 0) is 6.54 Å². The number of aromatic nitrogens is 1. The number of hydrogen-bond acceptors (Lipinski definition) is 3. The van der Waals surface area contributed by atoms with Crippen LogP contribution in [0.1, 0.15) is 19.1 Å². The number of hydrogen-bond donors (Lipinski definition) is 1. The van der Waals surface area contributed by atoms with Gasteiger partial charge in [-0.05, 0) is 36.0 Å². The lowest BCUT2D eigenvalue weighted by molar-refractivity contribution is 0.484. The van der Waals surface area contributed by atoms with Crippen LogP contribution < -0.4 is 5.32 Å². The van der Waals surface area contributed by atoms with Crippen molar-refractivity contribution < 1.29 is 4.42 Å². The Morgan fingerprint density at radius 3 is 3.00 bits per heavy atom. The number of furan rings is 1. The Kier molecular flexibility index (Phi) is 3.79. The molecule has 0 aliphatic carbocycles. The summed E-state index contributed by atoms with van der Waals surface area (Å²) in [4.78, 5) is 4.24. The quantitative estimate of drug-likeness (QED) is 0.709. The lowest BCUT2D eigenvalue weighted by Gasteiger charge is -2.07. The molecule has 1 aromatic carbocycles. The van der Waals surface area contributed by atoms with Crippen LogP contribution in [0.4, 0.5) is 0 Å². The van der Waals surface area contributed by atoms with Crippen LogP contribution >= 0.6 is 0 Å². The maximum absolute atomic E-state index is 5.63. The summed E-state index contributed by atoms with van der Waals surface area (Å²) in [6.07, 6.45) is 6.62. The van der Waals surface area contributed by atoms with Gasteiger partial charge in [-0.2, -0.15) is 0 Å². The standard InChI is InChI=1S/C17H18N2O/c1-2-8-18-12-17-15(7-10-20-17)14-5-3-4-13-6-9-19-11-16(13)14/h3-7,9-11,18H,2,8,12H2,1H3. The van der Waals surface area contributed by atoms with Gasteiger partial charge in [0.05, 0.1) is 12.8 Å². The third kappa shape index (κ3) is 2.45. The highest BCUT2D eigenvalue weighted by Crippen LogP contribution is 2.31. The number of rotatable bonds is 5. The second kappa shape index (κ2) is 5.88. The average molecular weight is 266 g/mol. The van der Waals surface area contributed by atoms with E-state index in [1.807, 2.05) is 24.5 Å². The highest BCUT2D eigenvalue weighted by molar-refractivity contribution is 5.96. The van der Waals surface area contributed by atoms with Crippen LogP contribution in [0.25, 0.3) is 21.9 Å². The van der Waals surface area contributed by atoms with Crippen molar-refractivity contribution in [1.82, 2.24) is 10.3 Å². The van der Waals surface area contributed by atoms with Crippen LogP contribution in [0.15, 0.2) is 53.4 Å². The van der Waals surface area contributed by atoms with E-state index in [0.717, 1.165) is 36.2 Å².